The summed E-state index contributed by atoms with van der Waals surface area (Å²) in [6, 6.07) is 7.07. The number of benzene rings is 1. The third kappa shape index (κ3) is 3.50. The fraction of sp³-hybridized carbons (Fsp3) is 0.571. The van der Waals surface area contributed by atoms with Gasteiger partial charge in [0, 0.05) is 6.04 Å². The number of hydrogen-bond acceptors (Lipinski definition) is 2. The zero-order valence-corrected chi connectivity index (χ0v) is 15.6. The molecule has 1 amide bonds. The summed E-state index contributed by atoms with van der Waals surface area (Å²) in [5.74, 6) is 0. The van der Waals surface area contributed by atoms with Crippen LogP contribution in [0.25, 0.3) is 5.57 Å². The average molecular weight is 327 g/mol. The molecule has 3 nitrogen and oxygen atoms in total. The Balaban J connectivity index is 1.90. The van der Waals surface area contributed by atoms with Crippen molar-refractivity contribution < 1.29 is 9.53 Å². The van der Waals surface area contributed by atoms with Gasteiger partial charge in [0.2, 0.25) is 0 Å². The van der Waals surface area contributed by atoms with Crippen LogP contribution in [0.4, 0.5) is 4.79 Å². The largest absolute Gasteiger partial charge is 0.444 e. The minimum absolute atomic E-state index is 0.159. The molecule has 1 aromatic carbocycles. The molecule has 1 aromatic rings. The topological polar surface area (TPSA) is 29.5 Å². The van der Waals surface area contributed by atoms with E-state index < -0.39 is 5.60 Å². The smallest absolute Gasteiger partial charge is 0.411 e. The van der Waals surface area contributed by atoms with Crippen LogP contribution >= 0.6 is 0 Å². The van der Waals surface area contributed by atoms with E-state index >= 15 is 0 Å². The third-order valence-electron chi connectivity index (χ3n) is 4.98. The molecule has 1 fully saturated rings. The van der Waals surface area contributed by atoms with Crippen molar-refractivity contribution in [2.75, 3.05) is 0 Å². The highest BCUT2D eigenvalue weighted by molar-refractivity contribution is 5.76. The van der Waals surface area contributed by atoms with Gasteiger partial charge in [-0.25, -0.2) is 4.79 Å². The summed E-state index contributed by atoms with van der Waals surface area (Å²) in [5.41, 5.74) is 4.90. The molecule has 2 aliphatic heterocycles. The summed E-state index contributed by atoms with van der Waals surface area (Å²) in [5, 5.41) is 0. The molecule has 130 valence electrons. The van der Waals surface area contributed by atoms with Crippen molar-refractivity contribution in [3.8, 4) is 0 Å². The van der Waals surface area contributed by atoms with Gasteiger partial charge in [-0.15, -0.1) is 0 Å². The van der Waals surface area contributed by atoms with Crippen molar-refractivity contribution in [3.05, 3.63) is 41.0 Å². The second-order valence-electron chi connectivity index (χ2n) is 8.25. The first-order chi connectivity index (χ1) is 11.2. The van der Waals surface area contributed by atoms with Gasteiger partial charge in [0.05, 0.1) is 6.04 Å². The van der Waals surface area contributed by atoms with Crippen LogP contribution in [0.5, 0.6) is 0 Å². The van der Waals surface area contributed by atoms with Crippen molar-refractivity contribution in [1.82, 2.24) is 4.90 Å². The van der Waals surface area contributed by atoms with Gasteiger partial charge in [-0.2, -0.15) is 0 Å². The Hall–Kier alpha value is -1.77. The third-order valence-corrected chi connectivity index (χ3v) is 4.98. The van der Waals surface area contributed by atoms with Gasteiger partial charge >= 0.3 is 6.09 Å². The molecule has 0 aromatic heterocycles. The zero-order chi connectivity index (χ0) is 17.5. The number of carbonyl (C=O) groups excluding carboxylic acids is 1. The van der Waals surface area contributed by atoms with Crippen LogP contribution in [-0.4, -0.2) is 28.7 Å². The summed E-state index contributed by atoms with van der Waals surface area (Å²) in [4.78, 5) is 14.7. The average Bonchev–Trinajstić information content (AvgIpc) is 2.46. The number of piperidine rings is 1. The standard InChI is InChI=1S/C21H29NO2/c1-14-9-10-15(2)19(11-14)16-12-17-7-6-8-18(13-16)22(17)20(23)24-21(3,4)5/h9-12,17-18H,6-8,13H2,1-5H3. The Bertz CT molecular complexity index is 669. The molecule has 24 heavy (non-hydrogen) atoms. The number of rotatable bonds is 1. The molecule has 3 heteroatoms. The van der Waals surface area contributed by atoms with Crippen LogP contribution in [-0.2, 0) is 4.74 Å². The molecule has 3 rings (SSSR count). The number of fused-ring (bicyclic) bond motifs is 2. The molecule has 2 bridgehead atoms. The van der Waals surface area contributed by atoms with Crippen LogP contribution in [0, 0.1) is 13.8 Å². The first kappa shape index (κ1) is 17.1. The Morgan fingerprint density at radius 2 is 1.96 bits per heavy atom. The first-order valence-electron chi connectivity index (χ1n) is 9.04. The van der Waals surface area contributed by atoms with Crippen LogP contribution in [0.2, 0.25) is 0 Å². The fourth-order valence-corrected chi connectivity index (χ4v) is 3.91. The molecular formula is C21H29NO2. The lowest BCUT2D eigenvalue weighted by atomic mass is 9.82. The number of aryl methyl sites for hydroxylation is 2. The second-order valence-corrected chi connectivity index (χ2v) is 8.25. The molecule has 0 aliphatic carbocycles. The van der Waals surface area contributed by atoms with E-state index in [9.17, 15) is 4.79 Å². The maximum Gasteiger partial charge on any atom is 0.411 e. The van der Waals surface area contributed by atoms with Gasteiger partial charge < -0.3 is 4.74 Å². The molecule has 0 N–H and O–H groups in total. The van der Waals surface area contributed by atoms with Crippen molar-refractivity contribution >= 4 is 11.7 Å². The maximum absolute atomic E-state index is 12.7. The molecule has 2 aliphatic rings. The Labute approximate surface area is 145 Å². The molecule has 2 heterocycles. The van der Waals surface area contributed by atoms with E-state index in [0.717, 1.165) is 19.3 Å². The Morgan fingerprint density at radius 1 is 1.21 bits per heavy atom. The maximum atomic E-state index is 12.7. The molecule has 1 saturated heterocycles. The number of carbonyl (C=O) groups is 1. The molecule has 0 saturated carbocycles. The van der Waals surface area contributed by atoms with Gasteiger partial charge in [-0.3, -0.25) is 4.90 Å². The second kappa shape index (κ2) is 6.27. The van der Waals surface area contributed by atoms with Gasteiger partial charge in [0.25, 0.3) is 0 Å². The lowest BCUT2D eigenvalue weighted by Gasteiger charge is -2.45. The van der Waals surface area contributed by atoms with E-state index in [0.29, 0.717) is 0 Å². The quantitative estimate of drug-likeness (QED) is 0.705. The number of amides is 1. The molecule has 2 atom stereocenters. The summed E-state index contributed by atoms with van der Waals surface area (Å²) >= 11 is 0. The Morgan fingerprint density at radius 3 is 2.62 bits per heavy atom. The molecule has 2 unspecified atom stereocenters. The molecule has 0 spiro atoms. The minimum Gasteiger partial charge on any atom is -0.444 e. The highest BCUT2D eigenvalue weighted by Gasteiger charge is 2.39. The number of hydrogen-bond donors (Lipinski definition) is 0. The monoisotopic (exact) mass is 327 g/mol. The minimum atomic E-state index is -0.442. The highest BCUT2D eigenvalue weighted by Crippen LogP contribution is 2.38. The van der Waals surface area contributed by atoms with Crippen molar-refractivity contribution in [2.24, 2.45) is 0 Å². The van der Waals surface area contributed by atoms with E-state index in [1.807, 2.05) is 25.7 Å². The lowest BCUT2D eigenvalue weighted by molar-refractivity contribution is 0.0000851. The van der Waals surface area contributed by atoms with E-state index in [1.165, 1.54) is 28.7 Å². The first-order valence-corrected chi connectivity index (χ1v) is 9.04. The van der Waals surface area contributed by atoms with E-state index in [2.05, 4.69) is 38.1 Å². The summed E-state index contributed by atoms with van der Waals surface area (Å²) in [7, 11) is 0. The fourth-order valence-electron chi connectivity index (χ4n) is 3.91. The summed E-state index contributed by atoms with van der Waals surface area (Å²) in [6.45, 7) is 10.1. The number of nitrogens with zero attached hydrogens (tertiary/aromatic N) is 1. The summed E-state index contributed by atoms with van der Waals surface area (Å²) in [6.07, 6.45) is 6.36. The van der Waals surface area contributed by atoms with Crippen LogP contribution in [0.15, 0.2) is 24.3 Å². The lowest BCUT2D eigenvalue weighted by Crippen LogP contribution is -2.53. The van der Waals surface area contributed by atoms with E-state index in [1.54, 1.807) is 0 Å². The Kier molecular flexibility index (Phi) is 4.46. The van der Waals surface area contributed by atoms with Crippen LogP contribution in [0.3, 0.4) is 0 Å². The van der Waals surface area contributed by atoms with Gasteiger partial charge in [-0.05, 0) is 77.0 Å². The van der Waals surface area contributed by atoms with Crippen LogP contribution in [0.1, 0.15) is 63.1 Å². The van der Waals surface area contributed by atoms with Gasteiger partial charge in [-0.1, -0.05) is 29.8 Å². The van der Waals surface area contributed by atoms with Gasteiger partial charge in [0.15, 0.2) is 0 Å². The molecular weight excluding hydrogens is 298 g/mol. The predicted octanol–water partition coefficient (Wildman–Crippen LogP) is 5.25. The normalized spacial score (nSPS) is 23.7. The number of ether oxygens (including phenoxy) is 1. The van der Waals surface area contributed by atoms with Crippen LogP contribution < -0.4 is 0 Å². The summed E-state index contributed by atoms with van der Waals surface area (Å²) < 4.78 is 5.66. The highest BCUT2D eigenvalue weighted by atomic mass is 16.6. The van der Waals surface area contributed by atoms with E-state index in [-0.39, 0.29) is 18.2 Å². The predicted molar refractivity (Wildman–Crippen MR) is 98.0 cm³/mol. The van der Waals surface area contributed by atoms with Crippen molar-refractivity contribution in [1.29, 1.82) is 0 Å². The van der Waals surface area contributed by atoms with Crippen molar-refractivity contribution in [3.63, 3.8) is 0 Å². The van der Waals surface area contributed by atoms with E-state index in [4.69, 9.17) is 4.74 Å². The zero-order valence-electron chi connectivity index (χ0n) is 15.6. The molecule has 0 radical (unpaired) electrons. The van der Waals surface area contributed by atoms with Crippen molar-refractivity contribution in [2.45, 2.75) is 78.0 Å². The van der Waals surface area contributed by atoms with Gasteiger partial charge in [0.1, 0.15) is 5.60 Å². The SMILES string of the molecule is Cc1ccc(C)c(C2=CC3CCCC(C2)N3C(=O)OC(C)(C)C)c1.